The van der Waals surface area contributed by atoms with Gasteiger partial charge < -0.3 is 9.47 Å². The first-order chi connectivity index (χ1) is 6.58. The van der Waals surface area contributed by atoms with E-state index < -0.39 is 0 Å². The lowest BCUT2D eigenvalue weighted by Gasteiger charge is -2.21. The zero-order chi connectivity index (χ0) is 10.6. The van der Waals surface area contributed by atoms with E-state index in [4.69, 9.17) is 9.47 Å². The fourth-order valence-electron chi connectivity index (χ4n) is 1.57. The molecule has 3 heteroatoms. The number of carbonyl (C=O) groups is 1. The minimum absolute atomic E-state index is 0.163. The summed E-state index contributed by atoms with van der Waals surface area (Å²) in [5.74, 6) is -0.202. The Bertz CT molecular complexity index is 199. The smallest absolute Gasteiger partial charge is 0.335 e. The highest BCUT2D eigenvalue weighted by Gasteiger charge is 2.44. The first-order valence-corrected chi connectivity index (χ1v) is 5.36. The monoisotopic (exact) mass is 200 g/mol. The molecule has 1 aliphatic rings. The molecule has 0 N–H and O–H groups in total. The van der Waals surface area contributed by atoms with Crippen LogP contribution in [0, 0.1) is 5.41 Å². The Morgan fingerprint density at radius 2 is 2.21 bits per heavy atom. The first-order valence-electron chi connectivity index (χ1n) is 5.36. The molecule has 0 aliphatic carbocycles. The van der Waals surface area contributed by atoms with Gasteiger partial charge in [0.2, 0.25) is 0 Å². The van der Waals surface area contributed by atoms with Crippen LogP contribution in [0.1, 0.15) is 40.0 Å². The summed E-state index contributed by atoms with van der Waals surface area (Å²) in [7, 11) is 0. The summed E-state index contributed by atoms with van der Waals surface area (Å²) in [5, 5.41) is 0. The number of cyclic esters (lactones) is 1. The molecule has 0 spiro atoms. The standard InChI is InChI=1S/C11H20O3/c1-4-5-6-7-13-9-10(12)14-8-11(9,2)3/h9H,4-8H2,1-3H3. The summed E-state index contributed by atoms with van der Waals surface area (Å²) in [6.45, 7) is 7.29. The Morgan fingerprint density at radius 3 is 2.71 bits per heavy atom. The van der Waals surface area contributed by atoms with E-state index in [1.165, 1.54) is 6.42 Å². The Morgan fingerprint density at radius 1 is 1.50 bits per heavy atom. The molecule has 0 aromatic heterocycles. The van der Waals surface area contributed by atoms with Gasteiger partial charge in [-0.05, 0) is 6.42 Å². The molecule has 0 radical (unpaired) electrons. The highest BCUT2D eigenvalue weighted by atomic mass is 16.6. The minimum Gasteiger partial charge on any atom is -0.463 e. The summed E-state index contributed by atoms with van der Waals surface area (Å²) >= 11 is 0. The van der Waals surface area contributed by atoms with Crippen molar-refractivity contribution in [1.82, 2.24) is 0 Å². The third-order valence-corrected chi connectivity index (χ3v) is 2.54. The molecule has 14 heavy (non-hydrogen) atoms. The minimum atomic E-state index is -0.362. The van der Waals surface area contributed by atoms with Gasteiger partial charge in [0.25, 0.3) is 0 Å². The maximum absolute atomic E-state index is 11.3. The first kappa shape index (κ1) is 11.5. The van der Waals surface area contributed by atoms with E-state index in [0.717, 1.165) is 12.8 Å². The van der Waals surface area contributed by atoms with Crippen LogP contribution < -0.4 is 0 Å². The van der Waals surface area contributed by atoms with Gasteiger partial charge in [-0.1, -0.05) is 33.6 Å². The number of carbonyl (C=O) groups excluding carboxylic acids is 1. The van der Waals surface area contributed by atoms with Crippen molar-refractivity contribution >= 4 is 5.97 Å². The number of unbranched alkanes of at least 4 members (excludes halogenated alkanes) is 2. The number of hydrogen-bond acceptors (Lipinski definition) is 3. The van der Waals surface area contributed by atoms with Crippen molar-refractivity contribution in [2.45, 2.75) is 46.1 Å². The molecule has 3 nitrogen and oxygen atoms in total. The van der Waals surface area contributed by atoms with Gasteiger partial charge in [-0.15, -0.1) is 0 Å². The van der Waals surface area contributed by atoms with E-state index in [9.17, 15) is 4.79 Å². The molecule has 0 aromatic rings. The Labute approximate surface area is 85.8 Å². The van der Waals surface area contributed by atoms with Crippen LogP contribution in [-0.4, -0.2) is 25.3 Å². The second-order valence-electron chi connectivity index (χ2n) is 4.55. The van der Waals surface area contributed by atoms with Gasteiger partial charge in [0.05, 0.1) is 6.61 Å². The zero-order valence-electron chi connectivity index (χ0n) is 9.34. The average molecular weight is 200 g/mol. The second-order valence-corrected chi connectivity index (χ2v) is 4.55. The quantitative estimate of drug-likeness (QED) is 0.504. The summed E-state index contributed by atoms with van der Waals surface area (Å²) in [4.78, 5) is 11.3. The Balaban J connectivity index is 2.31. The Hall–Kier alpha value is -0.570. The van der Waals surface area contributed by atoms with Crippen molar-refractivity contribution in [3.63, 3.8) is 0 Å². The molecule has 0 amide bonds. The molecule has 0 saturated carbocycles. The number of hydrogen-bond donors (Lipinski definition) is 0. The topological polar surface area (TPSA) is 35.5 Å². The largest absolute Gasteiger partial charge is 0.463 e. The molecule has 1 aliphatic heterocycles. The van der Waals surface area contributed by atoms with Gasteiger partial charge in [-0.2, -0.15) is 0 Å². The number of rotatable bonds is 5. The third-order valence-electron chi connectivity index (χ3n) is 2.54. The van der Waals surface area contributed by atoms with Crippen LogP contribution >= 0.6 is 0 Å². The van der Waals surface area contributed by atoms with Crippen LogP contribution in [0.4, 0.5) is 0 Å². The SMILES string of the molecule is CCCCCOC1C(=O)OCC1(C)C. The average Bonchev–Trinajstić information content (AvgIpc) is 2.38. The van der Waals surface area contributed by atoms with Gasteiger partial charge in [-0.3, -0.25) is 0 Å². The van der Waals surface area contributed by atoms with Gasteiger partial charge in [-0.25, -0.2) is 4.79 Å². The third kappa shape index (κ3) is 2.71. The molecular formula is C11H20O3. The molecule has 82 valence electrons. The number of ether oxygens (including phenoxy) is 2. The van der Waals surface area contributed by atoms with Crippen molar-refractivity contribution in [3.8, 4) is 0 Å². The van der Waals surface area contributed by atoms with E-state index in [1.807, 2.05) is 13.8 Å². The summed E-state index contributed by atoms with van der Waals surface area (Å²) < 4.78 is 10.5. The van der Waals surface area contributed by atoms with Gasteiger partial charge in [0.15, 0.2) is 6.10 Å². The van der Waals surface area contributed by atoms with Crippen molar-refractivity contribution < 1.29 is 14.3 Å². The lowest BCUT2D eigenvalue weighted by Crippen LogP contribution is -2.33. The maximum Gasteiger partial charge on any atom is 0.335 e. The van der Waals surface area contributed by atoms with E-state index in [-0.39, 0.29) is 17.5 Å². The van der Waals surface area contributed by atoms with Crippen molar-refractivity contribution in [2.75, 3.05) is 13.2 Å². The molecule has 1 heterocycles. The zero-order valence-corrected chi connectivity index (χ0v) is 9.34. The molecular weight excluding hydrogens is 180 g/mol. The van der Waals surface area contributed by atoms with Crippen molar-refractivity contribution in [1.29, 1.82) is 0 Å². The lowest BCUT2D eigenvalue weighted by atomic mass is 9.90. The molecule has 0 aromatic carbocycles. The molecule has 1 saturated heterocycles. The fraction of sp³-hybridized carbons (Fsp3) is 0.909. The van der Waals surface area contributed by atoms with Gasteiger partial charge in [0.1, 0.15) is 0 Å². The second kappa shape index (κ2) is 4.78. The summed E-state index contributed by atoms with van der Waals surface area (Å²) in [6.07, 6.45) is 2.99. The fourth-order valence-corrected chi connectivity index (χ4v) is 1.57. The highest BCUT2D eigenvalue weighted by Crippen LogP contribution is 2.30. The maximum atomic E-state index is 11.3. The molecule has 1 unspecified atom stereocenters. The van der Waals surface area contributed by atoms with E-state index in [2.05, 4.69) is 6.92 Å². The molecule has 0 bridgehead atoms. The van der Waals surface area contributed by atoms with Crippen LogP contribution in [-0.2, 0) is 14.3 Å². The van der Waals surface area contributed by atoms with E-state index in [0.29, 0.717) is 13.2 Å². The van der Waals surface area contributed by atoms with Crippen molar-refractivity contribution in [3.05, 3.63) is 0 Å². The summed E-state index contributed by atoms with van der Waals surface area (Å²) in [5.41, 5.74) is -0.163. The Kier molecular flexibility index (Phi) is 3.93. The van der Waals surface area contributed by atoms with Crippen LogP contribution in [0.25, 0.3) is 0 Å². The summed E-state index contributed by atoms with van der Waals surface area (Å²) in [6, 6.07) is 0. The van der Waals surface area contributed by atoms with E-state index in [1.54, 1.807) is 0 Å². The normalized spacial score (nSPS) is 25.1. The predicted molar refractivity (Wildman–Crippen MR) is 54.0 cm³/mol. The molecule has 1 fully saturated rings. The molecule has 1 atom stereocenters. The van der Waals surface area contributed by atoms with Crippen LogP contribution in [0.5, 0.6) is 0 Å². The van der Waals surface area contributed by atoms with Crippen LogP contribution in [0.15, 0.2) is 0 Å². The van der Waals surface area contributed by atoms with Crippen LogP contribution in [0.3, 0.4) is 0 Å². The highest BCUT2D eigenvalue weighted by molar-refractivity contribution is 5.77. The van der Waals surface area contributed by atoms with Crippen LogP contribution in [0.2, 0.25) is 0 Å². The van der Waals surface area contributed by atoms with Gasteiger partial charge in [0, 0.05) is 12.0 Å². The number of esters is 1. The van der Waals surface area contributed by atoms with E-state index >= 15 is 0 Å². The van der Waals surface area contributed by atoms with Gasteiger partial charge >= 0.3 is 5.97 Å². The lowest BCUT2D eigenvalue weighted by molar-refractivity contribution is -0.148. The van der Waals surface area contributed by atoms with Crippen molar-refractivity contribution in [2.24, 2.45) is 5.41 Å². The predicted octanol–water partition coefficient (Wildman–Crippen LogP) is 2.14. The molecule has 1 rings (SSSR count).